The Balaban J connectivity index is 2.44. The van der Waals surface area contributed by atoms with E-state index in [-0.39, 0.29) is 11.1 Å². The van der Waals surface area contributed by atoms with Crippen molar-refractivity contribution in [3.05, 3.63) is 0 Å². The van der Waals surface area contributed by atoms with E-state index in [0.29, 0.717) is 0 Å². The van der Waals surface area contributed by atoms with Gasteiger partial charge >= 0.3 is 0 Å². The molecule has 0 radical (unpaired) electrons. The van der Waals surface area contributed by atoms with Crippen molar-refractivity contribution >= 4 is 0 Å². The molecular formula is C16H34N2O. The molecule has 0 bridgehead atoms. The molecule has 0 aromatic heterocycles. The number of ether oxygens (including phenoxy) is 1. The number of morpholine rings is 1. The topological polar surface area (TPSA) is 38.5 Å². The van der Waals surface area contributed by atoms with Crippen molar-refractivity contribution in [3.8, 4) is 0 Å². The van der Waals surface area contributed by atoms with Crippen molar-refractivity contribution < 1.29 is 4.74 Å². The highest BCUT2D eigenvalue weighted by atomic mass is 16.5. The van der Waals surface area contributed by atoms with Gasteiger partial charge in [-0.15, -0.1) is 0 Å². The summed E-state index contributed by atoms with van der Waals surface area (Å²) in [5, 5.41) is 0. The van der Waals surface area contributed by atoms with Crippen LogP contribution in [-0.2, 0) is 4.74 Å². The Morgan fingerprint density at radius 3 is 2.47 bits per heavy atom. The largest absolute Gasteiger partial charge is 0.373 e. The number of hydrogen-bond acceptors (Lipinski definition) is 3. The zero-order valence-corrected chi connectivity index (χ0v) is 13.5. The quantitative estimate of drug-likeness (QED) is 0.689. The lowest BCUT2D eigenvalue weighted by Gasteiger charge is -2.48. The van der Waals surface area contributed by atoms with Gasteiger partial charge in [0.1, 0.15) is 0 Å². The number of nitrogens with two attached hydrogens (primary N) is 1. The molecule has 1 unspecified atom stereocenters. The van der Waals surface area contributed by atoms with Crippen LogP contribution in [0.25, 0.3) is 0 Å². The summed E-state index contributed by atoms with van der Waals surface area (Å²) in [6.45, 7) is 12.5. The molecular weight excluding hydrogens is 236 g/mol. The van der Waals surface area contributed by atoms with E-state index in [1.807, 2.05) is 0 Å². The number of rotatable bonds is 8. The molecule has 0 amide bonds. The van der Waals surface area contributed by atoms with Gasteiger partial charge in [0.05, 0.1) is 12.2 Å². The third kappa shape index (κ3) is 5.41. The number of unbranched alkanes of at least 4 members (excludes halogenated alkanes) is 4. The molecule has 1 rings (SSSR count). The maximum atomic E-state index is 6.08. The molecule has 1 aliphatic rings. The van der Waals surface area contributed by atoms with Gasteiger partial charge in [-0.2, -0.15) is 0 Å². The second-order valence-electron chi connectivity index (χ2n) is 6.89. The van der Waals surface area contributed by atoms with Gasteiger partial charge < -0.3 is 10.5 Å². The minimum absolute atomic E-state index is 0.0309. The highest BCUT2D eigenvalue weighted by Crippen LogP contribution is 2.27. The predicted octanol–water partition coefficient (Wildman–Crippen LogP) is 3.18. The first-order valence-electron chi connectivity index (χ1n) is 8.02. The fourth-order valence-electron chi connectivity index (χ4n) is 2.98. The van der Waals surface area contributed by atoms with E-state index in [2.05, 4.69) is 32.6 Å². The molecule has 114 valence electrons. The van der Waals surface area contributed by atoms with Gasteiger partial charge in [-0.05, 0) is 27.2 Å². The van der Waals surface area contributed by atoms with Gasteiger partial charge in [0, 0.05) is 25.2 Å². The lowest BCUT2D eigenvalue weighted by Crippen LogP contribution is -2.60. The maximum absolute atomic E-state index is 6.08. The normalized spacial score (nSPS) is 23.2. The fourth-order valence-corrected chi connectivity index (χ4v) is 2.98. The van der Waals surface area contributed by atoms with Gasteiger partial charge in [0.25, 0.3) is 0 Å². The molecule has 3 nitrogen and oxygen atoms in total. The van der Waals surface area contributed by atoms with Gasteiger partial charge in [0.15, 0.2) is 0 Å². The second kappa shape index (κ2) is 7.61. The van der Waals surface area contributed by atoms with Crippen molar-refractivity contribution in [2.75, 3.05) is 26.2 Å². The van der Waals surface area contributed by atoms with E-state index in [4.69, 9.17) is 10.5 Å². The minimum Gasteiger partial charge on any atom is -0.373 e. The minimum atomic E-state index is -0.0309. The second-order valence-corrected chi connectivity index (χ2v) is 6.89. The first-order chi connectivity index (χ1) is 8.93. The molecule has 1 saturated heterocycles. The van der Waals surface area contributed by atoms with E-state index in [1.54, 1.807) is 0 Å². The number of nitrogens with zero attached hydrogens (tertiary/aromatic N) is 1. The highest BCUT2D eigenvalue weighted by Gasteiger charge is 2.37. The summed E-state index contributed by atoms with van der Waals surface area (Å²) in [7, 11) is 0. The molecule has 1 atom stereocenters. The van der Waals surface area contributed by atoms with Crippen LogP contribution in [0.1, 0.15) is 66.2 Å². The van der Waals surface area contributed by atoms with Crippen LogP contribution in [0.2, 0.25) is 0 Å². The van der Waals surface area contributed by atoms with Crippen molar-refractivity contribution in [3.63, 3.8) is 0 Å². The lowest BCUT2D eigenvalue weighted by atomic mass is 9.90. The van der Waals surface area contributed by atoms with E-state index in [0.717, 1.165) is 26.2 Å². The van der Waals surface area contributed by atoms with Crippen LogP contribution in [0.3, 0.4) is 0 Å². The summed E-state index contributed by atoms with van der Waals surface area (Å²) < 4.78 is 5.81. The average Bonchev–Trinajstić information content (AvgIpc) is 2.37. The SMILES string of the molecule is CCCCCCCC(C)(CN)N1CCOC(C)(C)C1. The molecule has 1 heterocycles. The molecule has 0 aromatic rings. The monoisotopic (exact) mass is 270 g/mol. The highest BCUT2D eigenvalue weighted by molar-refractivity contribution is 4.92. The van der Waals surface area contributed by atoms with Crippen LogP contribution in [0.5, 0.6) is 0 Å². The standard InChI is InChI=1S/C16H34N2O/c1-5-6-7-8-9-10-16(4,13-17)18-11-12-19-15(2,3)14-18/h5-14,17H2,1-4H3. The van der Waals surface area contributed by atoms with Crippen LogP contribution in [0.15, 0.2) is 0 Å². The van der Waals surface area contributed by atoms with Crippen LogP contribution in [0, 0.1) is 0 Å². The molecule has 3 heteroatoms. The Morgan fingerprint density at radius 1 is 1.21 bits per heavy atom. The molecule has 0 spiro atoms. The van der Waals surface area contributed by atoms with Crippen LogP contribution in [0.4, 0.5) is 0 Å². The third-order valence-corrected chi connectivity index (χ3v) is 4.45. The fraction of sp³-hybridized carbons (Fsp3) is 1.00. The first-order valence-corrected chi connectivity index (χ1v) is 8.02. The Hall–Kier alpha value is -0.120. The Kier molecular flexibility index (Phi) is 6.78. The Bertz CT molecular complexity index is 255. The molecule has 19 heavy (non-hydrogen) atoms. The Morgan fingerprint density at radius 2 is 1.89 bits per heavy atom. The van der Waals surface area contributed by atoms with Crippen molar-refractivity contribution in [2.45, 2.75) is 77.4 Å². The van der Waals surface area contributed by atoms with E-state index >= 15 is 0 Å². The van der Waals surface area contributed by atoms with Gasteiger partial charge in [-0.25, -0.2) is 0 Å². The number of hydrogen-bond donors (Lipinski definition) is 1. The molecule has 1 aliphatic heterocycles. The molecule has 2 N–H and O–H groups in total. The summed E-state index contributed by atoms with van der Waals surface area (Å²) in [6, 6.07) is 0. The molecule has 0 aromatic carbocycles. The van der Waals surface area contributed by atoms with Crippen LogP contribution in [-0.4, -0.2) is 42.3 Å². The van der Waals surface area contributed by atoms with Crippen molar-refractivity contribution in [2.24, 2.45) is 5.73 Å². The van der Waals surface area contributed by atoms with Crippen LogP contribution < -0.4 is 5.73 Å². The lowest BCUT2D eigenvalue weighted by molar-refractivity contribution is -0.114. The summed E-state index contributed by atoms with van der Waals surface area (Å²) in [5.41, 5.74) is 6.20. The van der Waals surface area contributed by atoms with Crippen molar-refractivity contribution in [1.29, 1.82) is 0 Å². The zero-order chi connectivity index (χ0) is 14.4. The summed E-state index contributed by atoms with van der Waals surface area (Å²) in [5.74, 6) is 0. The average molecular weight is 270 g/mol. The summed E-state index contributed by atoms with van der Waals surface area (Å²) in [6.07, 6.45) is 7.90. The summed E-state index contributed by atoms with van der Waals surface area (Å²) >= 11 is 0. The predicted molar refractivity (Wildman–Crippen MR) is 82.4 cm³/mol. The maximum Gasteiger partial charge on any atom is 0.0753 e. The van der Waals surface area contributed by atoms with E-state index < -0.39 is 0 Å². The van der Waals surface area contributed by atoms with Crippen LogP contribution >= 0.6 is 0 Å². The zero-order valence-electron chi connectivity index (χ0n) is 13.5. The molecule has 0 saturated carbocycles. The van der Waals surface area contributed by atoms with Gasteiger partial charge in [-0.1, -0.05) is 39.0 Å². The Labute approximate surface area is 119 Å². The smallest absolute Gasteiger partial charge is 0.0753 e. The van der Waals surface area contributed by atoms with E-state index in [9.17, 15) is 0 Å². The van der Waals surface area contributed by atoms with Gasteiger partial charge in [0.2, 0.25) is 0 Å². The van der Waals surface area contributed by atoms with Gasteiger partial charge in [-0.3, -0.25) is 4.90 Å². The third-order valence-electron chi connectivity index (χ3n) is 4.45. The van der Waals surface area contributed by atoms with Crippen molar-refractivity contribution in [1.82, 2.24) is 4.90 Å². The van der Waals surface area contributed by atoms with E-state index in [1.165, 1.54) is 38.5 Å². The molecule has 0 aliphatic carbocycles. The first kappa shape index (κ1) is 16.9. The molecule has 1 fully saturated rings. The summed E-state index contributed by atoms with van der Waals surface area (Å²) in [4.78, 5) is 2.55.